The highest BCUT2D eigenvalue weighted by molar-refractivity contribution is 6.32. The van der Waals surface area contributed by atoms with Crippen molar-refractivity contribution in [2.45, 2.75) is 31.9 Å². The molecule has 0 radical (unpaired) electrons. The molecule has 6 nitrogen and oxygen atoms in total. The fourth-order valence-electron chi connectivity index (χ4n) is 2.94. The molecule has 1 aromatic heterocycles. The van der Waals surface area contributed by atoms with E-state index in [4.69, 9.17) is 22.1 Å². The number of nitrogens with zero attached hydrogens (tertiary/aromatic N) is 1. The van der Waals surface area contributed by atoms with E-state index in [2.05, 4.69) is 4.98 Å². The zero-order chi connectivity index (χ0) is 17.3. The number of H-pyrrole nitrogens is 1. The highest BCUT2D eigenvalue weighted by Crippen LogP contribution is 2.31. The van der Waals surface area contributed by atoms with Crippen LogP contribution in [0.2, 0.25) is 5.02 Å². The molecular weight excluding hydrogens is 330 g/mol. The van der Waals surface area contributed by atoms with Crippen LogP contribution >= 0.6 is 11.6 Å². The smallest absolute Gasteiger partial charge is 0.255 e. The van der Waals surface area contributed by atoms with Gasteiger partial charge in [-0.15, -0.1) is 0 Å². The van der Waals surface area contributed by atoms with Crippen LogP contribution in [0.15, 0.2) is 29.2 Å². The number of nitrogens with two attached hydrogens (primary N) is 1. The van der Waals surface area contributed by atoms with Crippen LogP contribution in [0.4, 0.5) is 0 Å². The van der Waals surface area contributed by atoms with Crippen molar-refractivity contribution in [1.29, 1.82) is 0 Å². The number of piperidine rings is 1. The molecule has 3 N–H and O–H groups in total. The van der Waals surface area contributed by atoms with Crippen LogP contribution in [-0.2, 0) is 4.79 Å². The van der Waals surface area contributed by atoms with Crippen LogP contribution in [-0.4, -0.2) is 41.0 Å². The molecule has 128 valence electrons. The van der Waals surface area contributed by atoms with Crippen molar-refractivity contribution in [2.24, 2.45) is 5.73 Å². The van der Waals surface area contributed by atoms with Gasteiger partial charge in [-0.05, 0) is 30.5 Å². The van der Waals surface area contributed by atoms with Gasteiger partial charge in [0.05, 0.1) is 11.1 Å². The third-order valence-corrected chi connectivity index (χ3v) is 4.56. The fourth-order valence-corrected chi connectivity index (χ4v) is 3.15. The van der Waals surface area contributed by atoms with E-state index < -0.39 is 6.04 Å². The number of likely N-dealkylation sites (tertiary alicyclic amines) is 1. The Morgan fingerprint density at radius 1 is 1.42 bits per heavy atom. The molecule has 0 unspecified atom stereocenters. The first-order valence-corrected chi connectivity index (χ1v) is 8.35. The Labute approximate surface area is 144 Å². The average Bonchev–Trinajstić information content (AvgIpc) is 2.56. The predicted molar refractivity (Wildman–Crippen MR) is 93.5 cm³/mol. The number of rotatable bonds is 3. The van der Waals surface area contributed by atoms with Crippen molar-refractivity contribution in [3.63, 3.8) is 0 Å². The molecule has 7 heteroatoms. The Morgan fingerprint density at radius 2 is 2.12 bits per heavy atom. The lowest BCUT2D eigenvalue weighted by Gasteiger charge is -2.33. The number of halogens is 1. The normalized spacial score (nSPS) is 17.0. The lowest BCUT2D eigenvalue weighted by Crippen LogP contribution is -2.47. The minimum Gasteiger partial charge on any atom is -0.489 e. The van der Waals surface area contributed by atoms with Gasteiger partial charge in [0.2, 0.25) is 5.91 Å². The van der Waals surface area contributed by atoms with Gasteiger partial charge >= 0.3 is 0 Å². The summed E-state index contributed by atoms with van der Waals surface area (Å²) >= 11 is 6.26. The maximum absolute atomic E-state index is 11.9. The van der Waals surface area contributed by atoms with Crippen LogP contribution in [0.3, 0.4) is 0 Å². The van der Waals surface area contributed by atoms with Gasteiger partial charge < -0.3 is 20.4 Å². The van der Waals surface area contributed by atoms with Gasteiger partial charge in [-0.25, -0.2) is 0 Å². The molecule has 1 aromatic carbocycles. The summed E-state index contributed by atoms with van der Waals surface area (Å²) < 4.78 is 6.01. The highest BCUT2D eigenvalue weighted by atomic mass is 35.5. The van der Waals surface area contributed by atoms with E-state index in [1.807, 2.05) is 6.07 Å². The van der Waals surface area contributed by atoms with Gasteiger partial charge in [0.1, 0.15) is 11.9 Å². The van der Waals surface area contributed by atoms with Gasteiger partial charge in [0.25, 0.3) is 5.56 Å². The standard InChI is InChI=1S/C17H20ClN3O3/c1-10(19)17(23)21-6-3-12(4-7-21)24-15-8-11-2-5-20-16(22)13(11)9-14(15)18/h2,5,8-10,12H,3-4,6-7,19H2,1H3,(H,20,22)/t10-/m1/s1. The molecule has 1 fully saturated rings. The molecule has 1 aliphatic rings. The molecule has 1 atom stereocenters. The topological polar surface area (TPSA) is 88.4 Å². The summed E-state index contributed by atoms with van der Waals surface area (Å²) in [6.07, 6.45) is 3.03. The molecule has 0 aliphatic carbocycles. The summed E-state index contributed by atoms with van der Waals surface area (Å²) in [4.78, 5) is 28.1. The summed E-state index contributed by atoms with van der Waals surface area (Å²) in [7, 11) is 0. The largest absolute Gasteiger partial charge is 0.489 e. The minimum absolute atomic E-state index is 0.0147. The number of benzene rings is 1. The number of hydrogen-bond donors (Lipinski definition) is 2. The van der Waals surface area contributed by atoms with E-state index >= 15 is 0 Å². The number of ether oxygens (including phenoxy) is 1. The molecule has 0 spiro atoms. The van der Waals surface area contributed by atoms with Crippen molar-refractivity contribution in [1.82, 2.24) is 9.88 Å². The molecule has 1 saturated heterocycles. The molecule has 24 heavy (non-hydrogen) atoms. The van der Waals surface area contributed by atoms with Gasteiger partial charge in [-0.1, -0.05) is 11.6 Å². The first-order chi connectivity index (χ1) is 11.5. The second kappa shape index (κ2) is 6.83. The molecule has 2 aromatic rings. The van der Waals surface area contributed by atoms with E-state index in [-0.39, 0.29) is 17.6 Å². The summed E-state index contributed by atoms with van der Waals surface area (Å²) in [5, 5.41) is 1.73. The molecule has 1 amide bonds. The van der Waals surface area contributed by atoms with Gasteiger partial charge in [-0.2, -0.15) is 0 Å². The van der Waals surface area contributed by atoms with Crippen LogP contribution in [0.5, 0.6) is 5.75 Å². The third kappa shape index (κ3) is 3.39. The quantitative estimate of drug-likeness (QED) is 0.885. The molecule has 2 heterocycles. The Hall–Kier alpha value is -2.05. The van der Waals surface area contributed by atoms with Gasteiger partial charge in [0.15, 0.2) is 0 Å². The summed E-state index contributed by atoms with van der Waals surface area (Å²) in [6, 6.07) is 4.74. The predicted octanol–water partition coefficient (Wildman–Crippen LogP) is 1.90. The number of aromatic amines is 1. The lowest BCUT2D eigenvalue weighted by molar-refractivity contribution is -0.133. The summed E-state index contributed by atoms with van der Waals surface area (Å²) in [5.74, 6) is 0.531. The van der Waals surface area contributed by atoms with Crippen LogP contribution in [0, 0.1) is 0 Å². The highest BCUT2D eigenvalue weighted by Gasteiger charge is 2.26. The van der Waals surface area contributed by atoms with Crippen LogP contribution in [0.25, 0.3) is 10.8 Å². The Morgan fingerprint density at radius 3 is 2.79 bits per heavy atom. The number of nitrogens with one attached hydrogen (secondary N) is 1. The van der Waals surface area contributed by atoms with Crippen molar-refractivity contribution >= 4 is 28.3 Å². The second-order valence-electron chi connectivity index (χ2n) is 6.11. The first-order valence-electron chi connectivity index (χ1n) is 7.97. The molecule has 0 saturated carbocycles. The number of fused-ring (bicyclic) bond motifs is 1. The average molecular weight is 350 g/mol. The zero-order valence-electron chi connectivity index (χ0n) is 13.4. The molecule has 3 rings (SSSR count). The molecular formula is C17H20ClN3O3. The van der Waals surface area contributed by atoms with E-state index in [9.17, 15) is 9.59 Å². The van der Waals surface area contributed by atoms with Gasteiger partial charge in [-0.3, -0.25) is 9.59 Å². The zero-order valence-corrected chi connectivity index (χ0v) is 14.2. The third-order valence-electron chi connectivity index (χ3n) is 4.26. The number of hydrogen-bond acceptors (Lipinski definition) is 4. The summed E-state index contributed by atoms with van der Waals surface area (Å²) in [5.41, 5.74) is 5.46. The van der Waals surface area contributed by atoms with E-state index in [0.29, 0.717) is 29.2 Å². The summed E-state index contributed by atoms with van der Waals surface area (Å²) in [6.45, 7) is 2.94. The maximum atomic E-state index is 11.9. The van der Waals surface area contributed by atoms with Crippen molar-refractivity contribution in [2.75, 3.05) is 13.1 Å². The van der Waals surface area contributed by atoms with Gasteiger partial charge in [0, 0.05) is 37.5 Å². The van der Waals surface area contributed by atoms with E-state index in [1.165, 1.54) is 0 Å². The monoisotopic (exact) mass is 349 g/mol. The Bertz CT molecular complexity index is 810. The van der Waals surface area contributed by atoms with Crippen LogP contribution < -0.4 is 16.0 Å². The number of carbonyl (C=O) groups excluding carboxylic acids is 1. The number of amides is 1. The number of pyridine rings is 1. The SMILES string of the molecule is C[C@@H](N)C(=O)N1CCC(Oc2cc3cc[nH]c(=O)c3cc2Cl)CC1. The van der Waals surface area contributed by atoms with Crippen molar-refractivity contribution < 1.29 is 9.53 Å². The molecule has 0 bridgehead atoms. The lowest BCUT2D eigenvalue weighted by atomic mass is 10.1. The van der Waals surface area contributed by atoms with Crippen molar-refractivity contribution in [3.05, 3.63) is 39.8 Å². The van der Waals surface area contributed by atoms with E-state index in [0.717, 1.165) is 18.2 Å². The maximum Gasteiger partial charge on any atom is 0.255 e. The molecule has 1 aliphatic heterocycles. The minimum atomic E-state index is -0.476. The first kappa shape index (κ1) is 16.8. The second-order valence-corrected chi connectivity index (χ2v) is 6.52. The Balaban J connectivity index is 1.71. The Kier molecular flexibility index (Phi) is 4.78. The number of carbonyl (C=O) groups is 1. The van der Waals surface area contributed by atoms with Crippen molar-refractivity contribution in [3.8, 4) is 5.75 Å². The number of aromatic nitrogens is 1. The van der Waals surface area contributed by atoms with E-state index in [1.54, 1.807) is 30.2 Å². The fraction of sp³-hybridized carbons (Fsp3) is 0.412. The van der Waals surface area contributed by atoms with Crippen LogP contribution in [0.1, 0.15) is 19.8 Å².